The number of aromatic nitrogens is 2. The molecule has 1 aliphatic carbocycles. The zero-order valence-corrected chi connectivity index (χ0v) is 14.1. The number of carbonyl (C=O) groups is 2. The third-order valence-corrected chi connectivity index (χ3v) is 5.63. The maximum absolute atomic E-state index is 13.0. The predicted octanol–water partition coefficient (Wildman–Crippen LogP) is 0.608. The van der Waals surface area contributed by atoms with Crippen molar-refractivity contribution in [2.75, 3.05) is 33.4 Å². The van der Waals surface area contributed by atoms with Crippen LogP contribution in [0.15, 0.2) is 0 Å². The van der Waals surface area contributed by atoms with E-state index in [4.69, 9.17) is 4.74 Å². The maximum atomic E-state index is 13.0. The number of hydrogen-bond acceptors (Lipinski definition) is 4. The number of fused-ring (bicyclic) bond motifs is 5. The van der Waals surface area contributed by atoms with E-state index in [0.717, 1.165) is 43.4 Å². The van der Waals surface area contributed by atoms with Crippen LogP contribution < -0.4 is 0 Å². The van der Waals surface area contributed by atoms with Crippen LogP contribution in [0.1, 0.15) is 41.0 Å². The molecule has 1 aromatic heterocycles. The lowest BCUT2D eigenvalue weighted by Gasteiger charge is -2.35. The van der Waals surface area contributed by atoms with Crippen molar-refractivity contribution in [2.24, 2.45) is 5.92 Å². The summed E-state index contributed by atoms with van der Waals surface area (Å²) in [5.41, 5.74) is 2.76. The van der Waals surface area contributed by atoms with Crippen LogP contribution in [0.25, 0.3) is 0 Å². The number of amides is 2. The van der Waals surface area contributed by atoms with E-state index >= 15 is 0 Å². The van der Waals surface area contributed by atoms with Gasteiger partial charge < -0.3 is 14.5 Å². The minimum atomic E-state index is -0.0865. The molecular formula is C17H24N4O3. The first-order valence-electron chi connectivity index (χ1n) is 8.84. The number of ether oxygens (including phenoxy) is 1. The number of hydrogen-bond donors (Lipinski definition) is 1. The second-order valence-electron chi connectivity index (χ2n) is 7.05. The van der Waals surface area contributed by atoms with Gasteiger partial charge >= 0.3 is 0 Å². The average Bonchev–Trinajstić information content (AvgIpc) is 3.09. The summed E-state index contributed by atoms with van der Waals surface area (Å²) in [6.07, 6.45) is 4.81. The molecule has 24 heavy (non-hydrogen) atoms. The first-order chi connectivity index (χ1) is 11.7. The van der Waals surface area contributed by atoms with Crippen LogP contribution in [0.3, 0.4) is 0 Å². The van der Waals surface area contributed by atoms with Gasteiger partial charge in [0.05, 0.1) is 12.5 Å². The summed E-state index contributed by atoms with van der Waals surface area (Å²) in [5, 5.41) is 7.28. The van der Waals surface area contributed by atoms with Crippen LogP contribution in [-0.4, -0.2) is 71.2 Å². The molecule has 7 nitrogen and oxygen atoms in total. The molecule has 5 rings (SSSR count). The summed E-state index contributed by atoms with van der Waals surface area (Å²) in [7, 11) is 1.65. The molecule has 0 aromatic carbocycles. The fourth-order valence-electron chi connectivity index (χ4n) is 4.34. The zero-order chi connectivity index (χ0) is 16.7. The molecule has 1 N–H and O–H groups in total. The highest BCUT2D eigenvalue weighted by Gasteiger charge is 2.42. The molecule has 2 amide bonds. The van der Waals surface area contributed by atoms with E-state index in [-0.39, 0.29) is 23.8 Å². The van der Waals surface area contributed by atoms with Crippen molar-refractivity contribution in [3.05, 3.63) is 17.0 Å². The van der Waals surface area contributed by atoms with Gasteiger partial charge in [-0.05, 0) is 32.1 Å². The molecule has 0 spiro atoms. The molecule has 7 heteroatoms. The molecule has 1 aromatic rings. The van der Waals surface area contributed by atoms with Crippen LogP contribution in [0.4, 0.5) is 0 Å². The number of nitrogens with one attached hydrogen (secondary N) is 1. The van der Waals surface area contributed by atoms with Crippen LogP contribution in [0.2, 0.25) is 0 Å². The molecule has 3 aliphatic heterocycles. The summed E-state index contributed by atoms with van der Waals surface area (Å²) in [4.78, 5) is 29.4. The molecule has 2 bridgehead atoms. The number of aromatic amines is 1. The first kappa shape index (κ1) is 15.6. The third-order valence-electron chi connectivity index (χ3n) is 5.63. The quantitative estimate of drug-likeness (QED) is 0.876. The van der Waals surface area contributed by atoms with Gasteiger partial charge in [-0.1, -0.05) is 0 Å². The lowest BCUT2D eigenvalue weighted by Crippen LogP contribution is -2.49. The smallest absolute Gasteiger partial charge is 0.274 e. The lowest BCUT2D eigenvalue weighted by atomic mass is 9.94. The van der Waals surface area contributed by atoms with Gasteiger partial charge in [0.2, 0.25) is 5.91 Å². The zero-order valence-electron chi connectivity index (χ0n) is 14.1. The van der Waals surface area contributed by atoms with Crippen LogP contribution in [-0.2, 0) is 22.4 Å². The Labute approximate surface area is 141 Å². The van der Waals surface area contributed by atoms with E-state index in [9.17, 15) is 9.59 Å². The molecule has 3 fully saturated rings. The molecule has 0 saturated carbocycles. The van der Waals surface area contributed by atoms with Gasteiger partial charge in [0.15, 0.2) is 5.69 Å². The summed E-state index contributed by atoms with van der Waals surface area (Å²) in [6.45, 7) is 2.26. The van der Waals surface area contributed by atoms with Crippen molar-refractivity contribution in [1.29, 1.82) is 0 Å². The van der Waals surface area contributed by atoms with E-state index in [1.54, 1.807) is 7.11 Å². The standard InChI is InChI=1S/C17H24N4O3/c1-24-8-7-21-12-6-5-11(16(21)22)9-20(10-12)17(23)15-13-3-2-4-14(13)18-19-15/h11-12H,2-10H2,1H3,(H,18,19)/t11-,12+/m1/s1. The van der Waals surface area contributed by atoms with E-state index in [1.807, 2.05) is 9.80 Å². The Morgan fingerprint density at radius 2 is 2.21 bits per heavy atom. The molecule has 4 aliphatic rings. The second-order valence-corrected chi connectivity index (χ2v) is 7.05. The summed E-state index contributed by atoms with van der Waals surface area (Å²) in [5.74, 6) is 0.0649. The van der Waals surface area contributed by atoms with Gasteiger partial charge in [0.25, 0.3) is 5.91 Å². The average molecular weight is 332 g/mol. The fraction of sp³-hybridized carbons (Fsp3) is 0.706. The van der Waals surface area contributed by atoms with Gasteiger partial charge in [0, 0.05) is 44.0 Å². The molecule has 0 unspecified atom stereocenters. The number of H-pyrrole nitrogens is 1. The summed E-state index contributed by atoms with van der Waals surface area (Å²) in [6, 6.07) is 0.0994. The van der Waals surface area contributed by atoms with E-state index in [1.165, 1.54) is 0 Å². The van der Waals surface area contributed by atoms with E-state index in [0.29, 0.717) is 31.9 Å². The van der Waals surface area contributed by atoms with E-state index < -0.39 is 0 Å². The number of aryl methyl sites for hydroxylation is 1. The van der Waals surface area contributed by atoms with Gasteiger partial charge in [-0.2, -0.15) is 5.10 Å². The SMILES string of the molecule is COCCN1C(=O)[C@@H]2CC[C@H]1CN(C(=O)c1n[nH]c3c1CCC3)C2. The minimum Gasteiger partial charge on any atom is -0.383 e. The normalized spacial score (nSPS) is 26.0. The van der Waals surface area contributed by atoms with Crippen molar-refractivity contribution >= 4 is 11.8 Å². The van der Waals surface area contributed by atoms with Crippen molar-refractivity contribution < 1.29 is 14.3 Å². The second kappa shape index (κ2) is 6.20. The van der Waals surface area contributed by atoms with Gasteiger partial charge in [0.1, 0.15) is 0 Å². The third kappa shape index (κ3) is 2.51. The largest absolute Gasteiger partial charge is 0.383 e. The van der Waals surface area contributed by atoms with Crippen LogP contribution in [0.5, 0.6) is 0 Å². The molecule has 2 atom stereocenters. The molecule has 0 radical (unpaired) electrons. The Morgan fingerprint density at radius 3 is 3.04 bits per heavy atom. The Kier molecular flexibility index (Phi) is 4.04. The molecule has 130 valence electrons. The van der Waals surface area contributed by atoms with Gasteiger partial charge in [-0.15, -0.1) is 0 Å². The Balaban J connectivity index is 1.55. The topological polar surface area (TPSA) is 78.5 Å². The number of methoxy groups -OCH3 is 1. The summed E-state index contributed by atoms with van der Waals surface area (Å²) < 4.78 is 5.14. The minimum absolute atomic E-state index is 0.0207. The van der Waals surface area contributed by atoms with Crippen LogP contribution >= 0.6 is 0 Å². The Morgan fingerprint density at radius 1 is 1.33 bits per heavy atom. The Hall–Kier alpha value is -1.89. The number of nitrogens with zero attached hydrogens (tertiary/aromatic N) is 3. The Bertz CT molecular complexity index is 656. The van der Waals surface area contributed by atoms with Crippen molar-refractivity contribution in [1.82, 2.24) is 20.0 Å². The monoisotopic (exact) mass is 332 g/mol. The molecule has 3 saturated heterocycles. The van der Waals surface area contributed by atoms with Gasteiger partial charge in [-0.3, -0.25) is 14.7 Å². The maximum Gasteiger partial charge on any atom is 0.274 e. The number of rotatable bonds is 4. The molecule has 4 heterocycles. The van der Waals surface area contributed by atoms with Gasteiger partial charge in [-0.25, -0.2) is 0 Å². The van der Waals surface area contributed by atoms with Crippen molar-refractivity contribution in [3.63, 3.8) is 0 Å². The predicted molar refractivity (Wildman–Crippen MR) is 86.6 cm³/mol. The highest BCUT2D eigenvalue weighted by atomic mass is 16.5. The summed E-state index contributed by atoms with van der Waals surface area (Å²) >= 11 is 0. The number of carbonyl (C=O) groups excluding carboxylic acids is 2. The fourth-order valence-corrected chi connectivity index (χ4v) is 4.34. The highest BCUT2D eigenvalue weighted by molar-refractivity contribution is 5.95. The highest BCUT2D eigenvalue weighted by Crippen LogP contribution is 2.31. The first-order valence-corrected chi connectivity index (χ1v) is 8.84. The van der Waals surface area contributed by atoms with E-state index in [2.05, 4.69) is 10.2 Å². The number of piperidine rings is 1. The lowest BCUT2D eigenvalue weighted by molar-refractivity contribution is -0.140. The van der Waals surface area contributed by atoms with Crippen LogP contribution in [0, 0.1) is 5.92 Å². The molecular weight excluding hydrogens is 308 g/mol. The van der Waals surface area contributed by atoms with Crippen molar-refractivity contribution in [2.45, 2.75) is 38.1 Å². The van der Waals surface area contributed by atoms with Crippen molar-refractivity contribution in [3.8, 4) is 0 Å².